The van der Waals surface area contributed by atoms with E-state index in [1.54, 1.807) is 13.0 Å². The Morgan fingerprint density at radius 3 is 2.61 bits per heavy atom. The molecule has 1 aromatic carbocycles. The molecule has 1 heterocycles. The van der Waals surface area contributed by atoms with Crippen LogP contribution in [0, 0.1) is 6.92 Å². The third-order valence-electron chi connectivity index (χ3n) is 2.21. The van der Waals surface area contributed by atoms with E-state index in [1.165, 1.54) is 19.2 Å². The molecule has 0 bridgehead atoms. The largest absolute Gasteiger partial charge is 0.495 e. The molecule has 18 heavy (non-hydrogen) atoms. The van der Waals surface area contributed by atoms with Crippen LogP contribution in [0.25, 0.3) is 11.4 Å². The van der Waals surface area contributed by atoms with Crippen molar-refractivity contribution in [1.29, 1.82) is 0 Å². The molecule has 0 amide bonds. The highest BCUT2D eigenvalue weighted by Crippen LogP contribution is 2.30. The molecule has 0 N–H and O–H groups in total. The van der Waals surface area contributed by atoms with Gasteiger partial charge in [-0.1, -0.05) is 5.16 Å². The highest BCUT2D eigenvalue weighted by atomic mass is 35.7. The number of rotatable bonds is 3. The van der Waals surface area contributed by atoms with Crippen LogP contribution in [-0.4, -0.2) is 25.7 Å². The monoisotopic (exact) mass is 288 g/mol. The number of hydrogen-bond acceptors (Lipinski definition) is 6. The van der Waals surface area contributed by atoms with Crippen molar-refractivity contribution in [3.63, 3.8) is 0 Å². The van der Waals surface area contributed by atoms with Crippen molar-refractivity contribution in [2.75, 3.05) is 7.11 Å². The first-order valence-electron chi connectivity index (χ1n) is 4.85. The maximum Gasteiger partial charge on any atom is 0.265 e. The minimum absolute atomic E-state index is 0.133. The second-order valence-corrected chi connectivity index (χ2v) is 5.97. The first kappa shape index (κ1) is 12.8. The predicted molar refractivity (Wildman–Crippen MR) is 64.1 cm³/mol. The molecule has 2 rings (SSSR count). The lowest BCUT2D eigenvalue weighted by Gasteiger charge is -2.06. The van der Waals surface area contributed by atoms with Crippen LogP contribution >= 0.6 is 10.7 Å². The quantitative estimate of drug-likeness (QED) is 0.803. The van der Waals surface area contributed by atoms with E-state index in [0.29, 0.717) is 11.5 Å². The summed E-state index contributed by atoms with van der Waals surface area (Å²) in [4.78, 5) is 3.87. The summed E-state index contributed by atoms with van der Waals surface area (Å²) in [6.45, 7) is 1.64. The number of methoxy groups -OCH3 is 1. The van der Waals surface area contributed by atoms with E-state index in [4.69, 9.17) is 19.9 Å². The van der Waals surface area contributed by atoms with Crippen LogP contribution in [0.4, 0.5) is 0 Å². The van der Waals surface area contributed by atoms with Gasteiger partial charge in [-0.25, -0.2) is 8.42 Å². The highest BCUT2D eigenvalue weighted by Gasteiger charge is 2.19. The van der Waals surface area contributed by atoms with E-state index in [1.807, 2.05) is 0 Å². The summed E-state index contributed by atoms with van der Waals surface area (Å²) in [5.74, 6) is 0.835. The summed E-state index contributed by atoms with van der Waals surface area (Å²) in [5, 5.41) is 3.70. The molecule has 0 saturated carbocycles. The third kappa shape index (κ3) is 2.46. The van der Waals surface area contributed by atoms with Gasteiger partial charge in [0, 0.05) is 23.2 Å². The molecular formula is C10H9ClN2O4S. The average Bonchev–Trinajstić information content (AvgIpc) is 2.74. The fourth-order valence-corrected chi connectivity index (χ4v) is 2.44. The van der Waals surface area contributed by atoms with Gasteiger partial charge >= 0.3 is 0 Å². The maximum atomic E-state index is 11.4. The summed E-state index contributed by atoms with van der Waals surface area (Å²) < 4.78 is 32.6. The van der Waals surface area contributed by atoms with Gasteiger partial charge in [-0.05, 0) is 18.2 Å². The minimum Gasteiger partial charge on any atom is -0.495 e. The van der Waals surface area contributed by atoms with Gasteiger partial charge in [-0.15, -0.1) is 0 Å². The van der Waals surface area contributed by atoms with Crippen LogP contribution in [0.1, 0.15) is 5.89 Å². The van der Waals surface area contributed by atoms with Crippen molar-refractivity contribution in [3.05, 3.63) is 24.1 Å². The zero-order chi connectivity index (χ0) is 13.3. The Labute approximate surface area is 108 Å². The van der Waals surface area contributed by atoms with E-state index in [9.17, 15) is 8.42 Å². The van der Waals surface area contributed by atoms with Gasteiger partial charge < -0.3 is 9.26 Å². The van der Waals surface area contributed by atoms with Crippen LogP contribution in [0.2, 0.25) is 0 Å². The SMILES string of the molecule is COc1ccc(-c2noc(C)n2)cc1S(=O)(=O)Cl. The van der Waals surface area contributed by atoms with Crippen LogP contribution in [0.15, 0.2) is 27.6 Å². The lowest BCUT2D eigenvalue weighted by Crippen LogP contribution is -1.97. The summed E-state index contributed by atoms with van der Waals surface area (Å²) in [6, 6.07) is 4.44. The van der Waals surface area contributed by atoms with Gasteiger partial charge in [0.1, 0.15) is 10.6 Å². The van der Waals surface area contributed by atoms with Crippen molar-refractivity contribution in [2.24, 2.45) is 0 Å². The van der Waals surface area contributed by atoms with Crippen molar-refractivity contribution in [2.45, 2.75) is 11.8 Å². The Hall–Kier alpha value is -1.60. The van der Waals surface area contributed by atoms with Crippen LogP contribution < -0.4 is 4.74 Å². The molecule has 0 saturated heterocycles. The number of halogens is 1. The second-order valence-electron chi connectivity index (χ2n) is 3.44. The molecular weight excluding hydrogens is 280 g/mol. The molecule has 0 unspecified atom stereocenters. The van der Waals surface area contributed by atoms with E-state index >= 15 is 0 Å². The Morgan fingerprint density at radius 1 is 1.39 bits per heavy atom. The molecule has 1 aromatic heterocycles. The van der Waals surface area contributed by atoms with Gasteiger partial charge in [0.15, 0.2) is 0 Å². The standard InChI is InChI=1S/C10H9ClN2O4S/c1-6-12-10(13-17-6)7-3-4-8(16-2)9(5-7)18(11,14)15/h3-5H,1-2H3. The fourth-order valence-electron chi connectivity index (χ4n) is 1.42. The molecule has 6 nitrogen and oxygen atoms in total. The molecule has 0 fully saturated rings. The number of aryl methyl sites for hydroxylation is 1. The predicted octanol–water partition coefficient (Wildman–Crippen LogP) is 1.98. The first-order valence-corrected chi connectivity index (χ1v) is 7.16. The Morgan fingerprint density at radius 2 is 2.11 bits per heavy atom. The zero-order valence-electron chi connectivity index (χ0n) is 9.55. The average molecular weight is 289 g/mol. The number of ether oxygens (including phenoxy) is 1. The summed E-state index contributed by atoms with van der Waals surface area (Å²) >= 11 is 0. The molecule has 0 aliphatic heterocycles. The van der Waals surface area contributed by atoms with Gasteiger partial charge in [-0.2, -0.15) is 4.98 Å². The minimum atomic E-state index is -3.91. The lowest BCUT2D eigenvalue weighted by molar-refractivity contribution is 0.394. The number of benzene rings is 1. The summed E-state index contributed by atoms with van der Waals surface area (Å²) in [5.41, 5.74) is 0.479. The topological polar surface area (TPSA) is 82.3 Å². The van der Waals surface area contributed by atoms with E-state index in [0.717, 1.165) is 0 Å². The molecule has 96 valence electrons. The van der Waals surface area contributed by atoms with Crippen molar-refractivity contribution in [3.8, 4) is 17.1 Å². The molecule has 0 aliphatic rings. The normalized spacial score (nSPS) is 11.5. The fraction of sp³-hybridized carbons (Fsp3) is 0.200. The molecule has 0 atom stereocenters. The molecule has 0 radical (unpaired) electrons. The Kier molecular flexibility index (Phi) is 3.27. The molecule has 2 aromatic rings. The van der Waals surface area contributed by atoms with E-state index in [2.05, 4.69) is 10.1 Å². The summed E-state index contributed by atoms with van der Waals surface area (Å²) in [6.07, 6.45) is 0. The van der Waals surface area contributed by atoms with Crippen LogP contribution in [0.3, 0.4) is 0 Å². The van der Waals surface area contributed by atoms with Crippen LogP contribution in [0.5, 0.6) is 5.75 Å². The summed E-state index contributed by atoms with van der Waals surface area (Å²) in [7, 11) is 2.79. The Bertz CT molecular complexity index is 681. The zero-order valence-corrected chi connectivity index (χ0v) is 11.1. The highest BCUT2D eigenvalue weighted by molar-refractivity contribution is 8.13. The molecule has 0 spiro atoms. The van der Waals surface area contributed by atoms with Gasteiger partial charge in [0.25, 0.3) is 9.05 Å². The van der Waals surface area contributed by atoms with Gasteiger partial charge in [-0.3, -0.25) is 0 Å². The number of hydrogen-bond donors (Lipinski definition) is 0. The van der Waals surface area contributed by atoms with Gasteiger partial charge in [0.05, 0.1) is 7.11 Å². The van der Waals surface area contributed by atoms with E-state index < -0.39 is 9.05 Å². The van der Waals surface area contributed by atoms with Crippen molar-refractivity contribution >= 4 is 19.7 Å². The number of nitrogens with zero attached hydrogens (tertiary/aromatic N) is 2. The maximum absolute atomic E-state index is 11.4. The number of aromatic nitrogens is 2. The Balaban J connectivity index is 2.60. The molecule has 8 heteroatoms. The lowest BCUT2D eigenvalue weighted by atomic mass is 10.2. The van der Waals surface area contributed by atoms with E-state index in [-0.39, 0.29) is 16.5 Å². The molecule has 0 aliphatic carbocycles. The second kappa shape index (κ2) is 4.58. The smallest absolute Gasteiger partial charge is 0.265 e. The first-order chi connectivity index (χ1) is 8.41. The third-order valence-corrected chi connectivity index (χ3v) is 3.56. The van der Waals surface area contributed by atoms with Crippen LogP contribution in [-0.2, 0) is 9.05 Å². The van der Waals surface area contributed by atoms with Crippen molar-refractivity contribution < 1.29 is 17.7 Å². The van der Waals surface area contributed by atoms with Crippen molar-refractivity contribution in [1.82, 2.24) is 10.1 Å². The van der Waals surface area contributed by atoms with Gasteiger partial charge in [0.2, 0.25) is 11.7 Å².